The van der Waals surface area contributed by atoms with Gasteiger partial charge in [-0.3, -0.25) is 4.98 Å². The lowest BCUT2D eigenvalue weighted by Gasteiger charge is -2.14. The summed E-state index contributed by atoms with van der Waals surface area (Å²) in [7, 11) is 0. The second-order valence-electron chi connectivity index (χ2n) is 13.3. The SMILES string of the molecule is C/C(=C\C=C1\C=Cc2ccc(-c3ccccc3)nc2C1)c1cccc(-c2ccc3ccc4c(-c5ccccc5)cc(-c5ccccc5)nc4c3n2)c1. The monoisotopic (exact) mass is 665 g/mol. The van der Waals surface area contributed by atoms with Crippen LogP contribution < -0.4 is 0 Å². The Labute approximate surface area is 304 Å². The molecule has 0 saturated heterocycles. The first kappa shape index (κ1) is 31.3. The smallest absolute Gasteiger partial charge is 0.0978 e. The van der Waals surface area contributed by atoms with E-state index in [9.17, 15) is 0 Å². The average molecular weight is 666 g/mol. The summed E-state index contributed by atoms with van der Waals surface area (Å²) in [5, 5.41) is 2.16. The minimum atomic E-state index is 0.803. The maximum Gasteiger partial charge on any atom is 0.0978 e. The Hall–Kier alpha value is -6.71. The summed E-state index contributed by atoms with van der Waals surface area (Å²) in [6.45, 7) is 2.17. The molecule has 0 spiro atoms. The number of hydrogen-bond acceptors (Lipinski definition) is 3. The summed E-state index contributed by atoms with van der Waals surface area (Å²) >= 11 is 0. The number of nitrogens with zero attached hydrogens (tertiary/aromatic N) is 3. The molecule has 3 aromatic heterocycles. The van der Waals surface area contributed by atoms with Crippen molar-refractivity contribution >= 4 is 33.5 Å². The van der Waals surface area contributed by atoms with E-state index in [-0.39, 0.29) is 0 Å². The molecule has 3 heterocycles. The van der Waals surface area contributed by atoms with E-state index >= 15 is 0 Å². The van der Waals surface area contributed by atoms with E-state index in [0.29, 0.717) is 0 Å². The highest BCUT2D eigenvalue weighted by atomic mass is 14.8. The van der Waals surface area contributed by atoms with Crippen LogP contribution in [0.3, 0.4) is 0 Å². The van der Waals surface area contributed by atoms with Gasteiger partial charge in [0.15, 0.2) is 0 Å². The van der Waals surface area contributed by atoms with Gasteiger partial charge in [0.1, 0.15) is 0 Å². The Morgan fingerprint density at radius 1 is 0.519 bits per heavy atom. The summed E-state index contributed by atoms with van der Waals surface area (Å²) in [5.74, 6) is 0. The fourth-order valence-corrected chi connectivity index (χ4v) is 7.04. The average Bonchev–Trinajstić information content (AvgIpc) is 3.22. The third-order valence-corrected chi connectivity index (χ3v) is 9.88. The molecule has 0 aliphatic heterocycles. The molecular formula is C49H35N3. The Kier molecular flexibility index (Phi) is 8.15. The van der Waals surface area contributed by atoms with Gasteiger partial charge < -0.3 is 0 Å². The van der Waals surface area contributed by atoms with Gasteiger partial charge in [0.05, 0.1) is 33.8 Å². The predicted octanol–water partition coefficient (Wildman–Crippen LogP) is 12.4. The van der Waals surface area contributed by atoms with E-state index in [4.69, 9.17) is 15.0 Å². The van der Waals surface area contributed by atoms with Crippen LogP contribution in [0, 0.1) is 0 Å². The van der Waals surface area contributed by atoms with Crippen molar-refractivity contribution in [2.75, 3.05) is 0 Å². The predicted molar refractivity (Wildman–Crippen MR) is 217 cm³/mol. The lowest BCUT2D eigenvalue weighted by atomic mass is 9.96. The highest BCUT2D eigenvalue weighted by Gasteiger charge is 2.15. The lowest BCUT2D eigenvalue weighted by Crippen LogP contribution is -2.01. The van der Waals surface area contributed by atoms with Gasteiger partial charge in [-0.25, -0.2) is 9.97 Å². The summed E-state index contributed by atoms with van der Waals surface area (Å²) < 4.78 is 0. The Balaban J connectivity index is 1.06. The Morgan fingerprint density at radius 2 is 1.15 bits per heavy atom. The van der Waals surface area contributed by atoms with E-state index in [1.165, 1.54) is 16.7 Å². The molecular weight excluding hydrogens is 631 g/mol. The number of aromatic nitrogens is 3. The molecule has 9 rings (SSSR count). The zero-order chi connectivity index (χ0) is 34.9. The van der Waals surface area contributed by atoms with Gasteiger partial charge in [0.2, 0.25) is 0 Å². The van der Waals surface area contributed by atoms with Crippen LogP contribution in [0.25, 0.3) is 78.4 Å². The van der Waals surface area contributed by atoms with Gasteiger partial charge in [0.25, 0.3) is 0 Å². The number of fused-ring (bicyclic) bond motifs is 4. The molecule has 0 saturated carbocycles. The summed E-state index contributed by atoms with van der Waals surface area (Å²) in [6.07, 6.45) is 9.62. The van der Waals surface area contributed by atoms with Crippen LogP contribution in [0.15, 0.2) is 182 Å². The van der Waals surface area contributed by atoms with Crippen LogP contribution in [-0.4, -0.2) is 15.0 Å². The van der Waals surface area contributed by atoms with E-state index in [1.54, 1.807) is 0 Å². The topological polar surface area (TPSA) is 38.7 Å². The molecule has 3 heteroatoms. The number of benzene rings is 5. The van der Waals surface area contributed by atoms with Crippen molar-refractivity contribution in [3.05, 3.63) is 198 Å². The summed E-state index contributed by atoms with van der Waals surface area (Å²) in [5.41, 5.74) is 16.2. The van der Waals surface area contributed by atoms with Crippen LogP contribution in [0.2, 0.25) is 0 Å². The molecule has 8 aromatic rings. The Bertz CT molecular complexity index is 2690. The fraction of sp³-hybridized carbons (Fsp3) is 0.0408. The molecule has 0 bridgehead atoms. The molecule has 5 aromatic carbocycles. The van der Waals surface area contributed by atoms with E-state index in [0.717, 1.165) is 84.4 Å². The lowest BCUT2D eigenvalue weighted by molar-refractivity contribution is 1.06. The first-order valence-electron chi connectivity index (χ1n) is 17.7. The van der Waals surface area contributed by atoms with Gasteiger partial charge >= 0.3 is 0 Å². The van der Waals surface area contributed by atoms with Crippen molar-refractivity contribution in [1.82, 2.24) is 15.0 Å². The third-order valence-electron chi connectivity index (χ3n) is 9.88. The van der Waals surface area contributed by atoms with Crippen LogP contribution in [0.4, 0.5) is 0 Å². The number of allylic oxidation sites excluding steroid dienone is 5. The van der Waals surface area contributed by atoms with Crippen LogP contribution in [-0.2, 0) is 6.42 Å². The molecule has 3 nitrogen and oxygen atoms in total. The van der Waals surface area contributed by atoms with Gasteiger partial charge in [-0.1, -0.05) is 158 Å². The van der Waals surface area contributed by atoms with E-state index < -0.39 is 0 Å². The molecule has 246 valence electrons. The fourth-order valence-electron chi connectivity index (χ4n) is 7.04. The minimum absolute atomic E-state index is 0.803. The maximum atomic E-state index is 5.30. The molecule has 0 atom stereocenters. The molecule has 0 radical (unpaired) electrons. The van der Waals surface area contributed by atoms with Crippen molar-refractivity contribution < 1.29 is 0 Å². The van der Waals surface area contributed by atoms with Crippen molar-refractivity contribution in [3.8, 4) is 44.9 Å². The van der Waals surface area contributed by atoms with Crippen molar-refractivity contribution in [3.63, 3.8) is 0 Å². The maximum absolute atomic E-state index is 5.30. The van der Waals surface area contributed by atoms with Gasteiger partial charge in [-0.15, -0.1) is 0 Å². The quantitative estimate of drug-likeness (QED) is 0.166. The van der Waals surface area contributed by atoms with Crippen LogP contribution >= 0.6 is 0 Å². The van der Waals surface area contributed by atoms with Crippen molar-refractivity contribution in [2.45, 2.75) is 13.3 Å². The number of pyridine rings is 3. The molecule has 52 heavy (non-hydrogen) atoms. The highest BCUT2D eigenvalue weighted by Crippen LogP contribution is 2.36. The summed E-state index contributed by atoms with van der Waals surface area (Å²) in [4.78, 5) is 15.6. The number of hydrogen-bond donors (Lipinski definition) is 0. The van der Waals surface area contributed by atoms with E-state index in [1.807, 2.05) is 12.1 Å². The first-order chi connectivity index (χ1) is 25.7. The Morgan fingerprint density at radius 3 is 1.92 bits per heavy atom. The van der Waals surface area contributed by atoms with Gasteiger partial charge in [-0.05, 0) is 64.6 Å². The second kappa shape index (κ2) is 13.5. The largest absolute Gasteiger partial charge is 0.252 e. The summed E-state index contributed by atoms with van der Waals surface area (Å²) in [6, 6.07) is 55.1. The molecule has 0 fully saturated rings. The number of rotatable bonds is 6. The minimum Gasteiger partial charge on any atom is -0.252 e. The molecule has 0 unspecified atom stereocenters. The van der Waals surface area contributed by atoms with Gasteiger partial charge in [-0.2, -0.15) is 0 Å². The zero-order valence-electron chi connectivity index (χ0n) is 28.9. The van der Waals surface area contributed by atoms with E-state index in [2.05, 4.69) is 177 Å². The van der Waals surface area contributed by atoms with Crippen LogP contribution in [0.1, 0.15) is 23.7 Å². The first-order valence-corrected chi connectivity index (χ1v) is 17.7. The zero-order valence-corrected chi connectivity index (χ0v) is 28.9. The highest BCUT2D eigenvalue weighted by molar-refractivity contribution is 6.09. The van der Waals surface area contributed by atoms with Crippen molar-refractivity contribution in [1.29, 1.82) is 0 Å². The molecule has 1 aliphatic carbocycles. The molecule has 1 aliphatic rings. The third kappa shape index (κ3) is 6.14. The molecule has 0 amide bonds. The van der Waals surface area contributed by atoms with Crippen molar-refractivity contribution in [2.24, 2.45) is 0 Å². The standard InChI is InChI=1S/C49H35N3/c1-33(20-21-34-22-23-38-25-28-44(50-46(38)30-34)36-14-7-3-8-15-36)40-18-11-19-41(31-40)45-29-26-39-24-27-42-43(35-12-5-2-6-13-35)32-47(37-16-9-4-10-17-37)52-49(42)48(39)51-45/h2-29,31-32H,30H2,1H3/b33-20+,34-21-. The molecule has 0 N–H and O–H groups in total. The van der Waals surface area contributed by atoms with Gasteiger partial charge in [0, 0.05) is 33.9 Å². The second-order valence-corrected chi connectivity index (χ2v) is 13.3. The van der Waals surface area contributed by atoms with Crippen LogP contribution in [0.5, 0.6) is 0 Å². The normalized spacial score (nSPS) is 13.5.